The monoisotopic (exact) mass is 191 g/mol. The van der Waals surface area contributed by atoms with Crippen molar-refractivity contribution in [3.05, 3.63) is 34.5 Å². The summed E-state index contributed by atoms with van der Waals surface area (Å²) >= 11 is 0. The number of aromatic carboxylic acids is 1. The van der Waals surface area contributed by atoms with E-state index in [-0.39, 0.29) is 22.2 Å². The van der Waals surface area contributed by atoms with Crippen molar-refractivity contribution >= 4 is 17.0 Å². The van der Waals surface area contributed by atoms with E-state index in [9.17, 15) is 9.59 Å². The highest BCUT2D eigenvalue weighted by Gasteiger charge is 2.06. The number of rotatable bonds is 1. The molecule has 70 valence electrons. The average Bonchev–Trinajstić information content (AvgIpc) is 2.17. The van der Waals surface area contributed by atoms with Crippen LogP contribution in [0.2, 0.25) is 0 Å². The Morgan fingerprint density at radius 1 is 1.43 bits per heavy atom. The number of fused-ring (bicyclic) bond motifs is 1. The molecule has 2 aromatic rings. The molecule has 0 aliphatic carbocycles. The molecule has 2 aromatic heterocycles. The second-order valence-corrected chi connectivity index (χ2v) is 2.63. The quantitative estimate of drug-likeness (QED) is 0.662. The fraction of sp³-hybridized carbons (Fsp3) is 0. The molecular weight excluding hydrogens is 186 g/mol. The van der Waals surface area contributed by atoms with E-state index in [1.54, 1.807) is 0 Å². The average molecular weight is 191 g/mol. The lowest BCUT2D eigenvalue weighted by Crippen LogP contribution is -2.09. The van der Waals surface area contributed by atoms with Gasteiger partial charge in [0.15, 0.2) is 5.52 Å². The van der Waals surface area contributed by atoms with Crippen molar-refractivity contribution in [2.45, 2.75) is 0 Å². The fourth-order valence-corrected chi connectivity index (χ4v) is 1.07. The normalized spacial score (nSPS) is 10.3. The molecule has 2 rings (SSSR count). The number of hydrogen-bond donors (Lipinski definition) is 2. The third kappa shape index (κ3) is 1.22. The molecule has 2 heterocycles. The van der Waals surface area contributed by atoms with Gasteiger partial charge in [-0.1, -0.05) is 0 Å². The number of H-pyrrole nitrogens is 1. The van der Waals surface area contributed by atoms with Crippen LogP contribution in [-0.4, -0.2) is 26.0 Å². The van der Waals surface area contributed by atoms with Crippen LogP contribution in [0.5, 0.6) is 0 Å². The molecule has 0 aliphatic rings. The van der Waals surface area contributed by atoms with Crippen LogP contribution in [0.25, 0.3) is 11.0 Å². The van der Waals surface area contributed by atoms with Crippen molar-refractivity contribution in [2.24, 2.45) is 0 Å². The Labute approximate surface area is 77.3 Å². The Kier molecular flexibility index (Phi) is 1.74. The highest BCUT2D eigenvalue weighted by molar-refractivity contribution is 5.90. The van der Waals surface area contributed by atoms with Gasteiger partial charge in [-0.25, -0.2) is 14.8 Å². The Bertz CT molecular complexity index is 561. The number of nitrogens with one attached hydrogen (secondary N) is 1. The van der Waals surface area contributed by atoms with Gasteiger partial charge < -0.3 is 10.1 Å². The Morgan fingerprint density at radius 3 is 2.93 bits per heavy atom. The third-order valence-corrected chi connectivity index (χ3v) is 1.73. The first-order chi connectivity index (χ1) is 6.68. The molecule has 0 spiro atoms. The SMILES string of the molecule is O=C(O)c1cnc2c(=O)[nH]cnc2c1. The Hall–Kier alpha value is -2.24. The maximum absolute atomic E-state index is 11.2. The summed E-state index contributed by atoms with van der Waals surface area (Å²) in [5.74, 6) is -1.10. The smallest absolute Gasteiger partial charge is 0.337 e. The fourth-order valence-electron chi connectivity index (χ4n) is 1.07. The van der Waals surface area contributed by atoms with Crippen LogP contribution in [-0.2, 0) is 0 Å². The molecular formula is C8H5N3O3. The van der Waals surface area contributed by atoms with Crippen molar-refractivity contribution in [3.63, 3.8) is 0 Å². The summed E-state index contributed by atoms with van der Waals surface area (Å²) in [4.78, 5) is 31.6. The van der Waals surface area contributed by atoms with Crippen LogP contribution in [0.1, 0.15) is 10.4 Å². The van der Waals surface area contributed by atoms with E-state index < -0.39 is 5.97 Å². The van der Waals surface area contributed by atoms with Gasteiger partial charge in [-0.15, -0.1) is 0 Å². The summed E-state index contributed by atoms with van der Waals surface area (Å²) in [6, 6.07) is 1.31. The third-order valence-electron chi connectivity index (χ3n) is 1.73. The first-order valence-corrected chi connectivity index (χ1v) is 3.75. The summed E-state index contributed by atoms with van der Waals surface area (Å²) in [6.45, 7) is 0. The number of pyridine rings is 1. The van der Waals surface area contributed by atoms with Crippen LogP contribution in [0.4, 0.5) is 0 Å². The van der Waals surface area contributed by atoms with Gasteiger partial charge in [-0.2, -0.15) is 0 Å². The molecule has 0 amide bonds. The van der Waals surface area contributed by atoms with Gasteiger partial charge >= 0.3 is 5.97 Å². The van der Waals surface area contributed by atoms with Crippen LogP contribution in [0.3, 0.4) is 0 Å². The summed E-state index contributed by atoms with van der Waals surface area (Å²) in [7, 11) is 0. The standard InChI is InChI=1S/C8H5N3O3/c12-7-6-5(10-3-11-7)1-4(2-9-6)8(13)14/h1-3H,(H,13,14)(H,10,11,12). The zero-order valence-corrected chi connectivity index (χ0v) is 6.89. The van der Waals surface area contributed by atoms with Crippen molar-refractivity contribution < 1.29 is 9.90 Å². The summed E-state index contributed by atoms with van der Waals surface area (Å²) in [5, 5.41) is 8.66. The predicted octanol–water partition coefficient (Wildman–Crippen LogP) is 0.0163. The Morgan fingerprint density at radius 2 is 2.21 bits per heavy atom. The van der Waals surface area contributed by atoms with Gasteiger partial charge in [0.25, 0.3) is 5.56 Å². The van der Waals surface area contributed by atoms with E-state index in [1.807, 2.05) is 0 Å². The van der Waals surface area contributed by atoms with Crippen LogP contribution in [0, 0.1) is 0 Å². The van der Waals surface area contributed by atoms with Gasteiger partial charge in [-0.05, 0) is 6.07 Å². The molecule has 0 unspecified atom stereocenters. The Balaban J connectivity index is 2.80. The van der Waals surface area contributed by atoms with Gasteiger partial charge in [0, 0.05) is 6.20 Å². The first kappa shape index (κ1) is 8.36. The minimum atomic E-state index is -1.10. The molecule has 0 atom stereocenters. The van der Waals surface area contributed by atoms with E-state index in [1.165, 1.54) is 12.4 Å². The minimum absolute atomic E-state index is 0.00981. The number of carboxylic acid groups (broad SMARTS) is 1. The molecule has 0 fully saturated rings. The number of aromatic amines is 1. The highest BCUT2D eigenvalue weighted by Crippen LogP contribution is 2.05. The van der Waals surface area contributed by atoms with Crippen LogP contribution in [0.15, 0.2) is 23.4 Å². The lowest BCUT2D eigenvalue weighted by molar-refractivity contribution is 0.0696. The van der Waals surface area contributed by atoms with E-state index in [2.05, 4.69) is 15.0 Å². The van der Waals surface area contributed by atoms with Crippen LogP contribution < -0.4 is 5.56 Å². The second-order valence-electron chi connectivity index (χ2n) is 2.63. The summed E-state index contributed by atoms with van der Waals surface area (Å²) in [5.41, 5.74) is 0.0358. The second kappa shape index (κ2) is 2.91. The number of carboxylic acids is 1. The summed E-state index contributed by atoms with van der Waals surface area (Å²) < 4.78 is 0. The molecule has 6 heteroatoms. The van der Waals surface area contributed by atoms with Gasteiger partial charge in [0.1, 0.15) is 0 Å². The summed E-state index contributed by atoms with van der Waals surface area (Å²) in [6.07, 6.45) is 2.33. The zero-order chi connectivity index (χ0) is 10.1. The number of nitrogens with zero attached hydrogens (tertiary/aromatic N) is 2. The molecule has 6 nitrogen and oxygen atoms in total. The number of hydrogen-bond acceptors (Lipinski definition) is 4. The predicted molar refractivity (Wildman–Crippen MR) is 47.1 cm³/mol. The van der Waals surface area contributed by atoms with Gasteiger partial charge in [0.2, 0.25) is 0 Å². The molecule has 14 heavy (non-hydrogen) atoms. The van der Waals surface area contributed by atoms with E-state index in [0.29, 0.717) is 0 Å². The topological polar surface area (TPSA) is 95.9 Å². The largest absolute Gasteiger partial charge is 0.478 e. The minimum Gasteiger partial charge on any atom is -0.478 e. The van der Waals surface area contributed by atoms with E-state index >= 15 is 0 Å². The molecule has 0 saturated carbocycles. The van der Waals surface area contributed by atoms with Crippen molar-refractivity contribution in [1.29, 1.82) is 0 Å². The lowest BCUT2D eigenvalue weighted by atomic mass is 10.2. The molecule has 0 aliphatic heterocycles. The highest BCUT2D eigenvalue weighted by atomic mass is 16.4. The maximum atomic E-state index is 11.2. The maximum Gasteiger partial charge on any atom is 0.337 e. The van der Waals surface area contributed by atoms with E-state index in [0.717, 1.165) is 6.20 Å². The van der Waals surface area contributed by atoms with Gasteiger partial charge in [-0.3, -0.25) is 4.79 Å². The van der Waals surface area contributed by atoms with Crippen molar-refractivity contribution in [2.75, 3.05) is 0 Å². The van der Waals surface area contributed by atoms with Crippen molar-refractivity contribution in [3.8, 4) is 0 Å². The molecule has 0 radical (unpaired) electrons. The zero-order valence-electron chi connectivity index (χ0n) is 6.89. The number of carbonyl (C=O) groups is 1. The van der Waals surface area contributed by atoms with Crippen molar-refractivity contribution in [1.82, 2.24) is 15.0 Å². The molecule has 2 N–H and O–H groups in total. The molecule has 0 saturated heterocycles. The molecule has 0 aromatic carbocycles. The first-order valence-electron chi connectivity index (χ1n) is 3.75. The molecule has 0 bridgehead atoms. The lowest BCUT2D eigenvalue weighted by Gasteiger charge is -1.96. The number of aromatic nitrogens is 3. The van der Waals surface area contributed by atoms with Crippen LogP contribution >= 0.6 is 0 Å². The van der Waals surface area contributed by atoms with Gasteiger partial charge in [0.05, 0.1) is 17.4 Å². The van der Waals surface area contributed by atoms with E-state index in [4.69, 9.17) is 5.11 Å².